The Labute approximate surface area is 108 Å². The number of aryl methyl sites for hydroxylation is 1. The van der Waals surface area contributed by atoms with Gasteiger partial charge in [-0.25, -0.2) is 15.0 Å². The van der Waals surface area contributed by atoms with E-state index in [2.05, 4.69) is 51.2 Å². The average molecular weight is 259 g/mol. The molecule has 3 aromatic rings. The summed E-state index contributed by atoms with van der Waals surface area (Å²) in [4.78, 5) is 18.1. The van der Waals surface area contributed by atoms with Gasteiger partial charge in [-0.1, -0.05) is 0 Å². The Hall–Kier alpha value is -1.95. The normalized spacial score (nSPS) is 12.8. The van der Waals surface area contributed by atoms with Crippen molar-refractivity contribution in [3.05, 3.63) is 34.5 Å². The quantitative estimate of drug-likeness (QED) is 0.759. The van der Waals surface area contributed by atoms with Gasteiger partial charge in [0.25, 0.3) is 0 Å². The molecule has 0 amide bonds. The molecule has 18 heavy (non-hydrogen) atoms. The summed E-state index contributed by atoms with van der Waals surface area (Å²) in [7, 11) is 0. The van der Waals surface area contributed by atoms with E-state index < -0.39 is 0 Å². The molecule has 0 fully saturated rings. The molecule has 0 aliphatic heterocycles. The van der Waals surface area contributed by atoms with Gasteiger partial charge >= 0.3 is 0 Å². The van der Waals surface area contributed by atoms with E-state index in [1.165, 1.54) is 16.1 Å². The third kappa shape index (κ3) is 1.95. The maximum atomic E-state index is 4.26. The van der Waals surface area contributed by atoms with Crippen LogP contribution in [0.5, 0.6) is 0 Å². The number of imidazole rings is 1. The first kappa shape index (κ1) is 11.2. The van der Waals surface area contributed by atoms with Crippen molar-refractivity contribution < 1.29 is 0 Å². The predicted octanol–water partition coefficient (Wildman–Crippen LogP) is 2.90. The second kappa shape index (κ2) is 4.38. The Morgan fingerprint density at radius 3 is 2.94 bits per heavy atom. The molecule has 1 unspecified atom stereocenters. The fraction of sp³-hybridized carbons (Fsp3) is 0.250. The topological polar surface area (TPSA) is 66.5 Å². The molecule has 0 saturated carbocycles. The first-order valence-electron chi connectivity index (χ1n) is 5.71. The van der Waals surface area contributed by atoms with Crippen molar-refractivity contribution in [1.82, 2.24) is 19.9 Å². The van der Waals surface area contributed by atoms with Crippen LogP contribution in [0.15, 0.2) is 24.8 Å². The van der Waals surface area contributed by atoms with Gasteiger partial charge in [0.1, 0.15) is 11.8 Å². The molecule has 0 saturated heterocycles. The fourth-order valence-corrected chi connectivity index (χ4v) is 2.72. The zero-order valence-corrected chi connectivity index (χ0v) is 11.0. The van der Waals surface area contributed by atoms with Gasteiger partial charge in [-0.15, -0.1) is 11.3 Å². The van der Waals surface area contributed by atoms with Crippen LogP contribution in [0.25, 0.3) is 11.2 Å². The van der Waals surface area contributed by atoms with Crippen molar-refractivity contribution >= 4 is 28.3 Å². The lowest BCUT2D eigenvalue weighted by Crippen LogP contribution is -2.07. The molecular formula is C12H13N5S. The first-order chi connectivity index (χ1) is 8.74. The number of anilines is 1. The van der Waals surface area contributed by atoms with Gasteiger partial charge in [0.05, 0.1) is 12.4 Å². The second-order valence-electron chi connectivity index (χ2n) is 4.14. The molecule has 3 rings (SSSR count). The number of fused-ring (bicyclic) bond motifs is 1. The average Bonchev–Trinajstić information content (AvgIpc) is 2.97. The summed E-state index contributed by atoms with van der Waals surface area (Å²) in [5.74, 6) is 0.788. The molecule has 0 radical (unpaired) electrons. The smallest absolute Gasteiger partial charge is 0.182 e. The summed E-state index contributed by atoms with van der Waals surface area (Å²) in [5.41, 5.74) is 1.53. The lowest BCUT2D eigenvalue weighted by Gasteiger charge is -2.12. The van der Waals surface area contributed by atoms with E-state index in [0.29, 0.717) is 5.65 Å². The SMILES string of the molecule is Cc1ccc(C(C)Nc2ncnc3nc[nH]c23)s1. The maximum Gasteiger partial charge on any atom is 0.182 e. The van der Waals surface area contributed by atoms with E-state index in [1.54, 1.807) is 17.7 Å². The van der Waals surface area contributed by atoms with E-state index in [1.807, 2.05) is 0 Å². The number of hydrogen-bond donors (Lipinski definition) is 2. The third-order valence-electron chi connectivity index (χ3n) is 2.76. The fourth-order valence-electron chi connectivity index (χ4n) is 1.84. The highest BCUT2D eigenvalue weighted by Gasteiger charge is 2.11. The van der Waals surface area contributed by atoms with Crippen molar-refractivity contribution in [3.63, 3.8) is 0 Å². The molecule has 92 valence electrons. The Kier molecular flexibility index (Phi) is 2.71. The minimum absolute atomic E-state index is 0.213. The highest BCUT2D eigenvalue weighted by molar-refractivity contribution is 7.12. The van der Waals surface area contributed by atoms with Gasteiger partial charge in [-0.3, -0.25) is 0 Å². The van der Waals surface area contributed by atoms with E-state index >= 15 is 0 Å². The number of nitrogens with one attached hydrogen (secondary N) is 2. The predicted molar refractivity (Wildman–Crippen MR) is 72.8 cm³/mol. The standard InChI is InChI=1S/C12H13N5S/c1-7-3-4-9(18-7)8(2)17-12-10-11(14-5-13-10)15-6-16-12/h3-6,8H,1-2H3,(H2,13,14,15,16,17). The van der Waals surface area contributed by atoms with E-state index in [-0.39, 0.29) is 6.04 Å². The monoisotopic (exact) mass is 259 g/mol. The van der Waals surface area contributed by atoms with Gasteiger partial charge in [-0.2, -0.15) is 0 Å². The molecule has 0 aliphatic rings. The van der Waals surface area contributed by atoms with Crippen molar-refractivity contribution in [1.29, 1.82) is 0 Å². The molecule has 6 heteroatoms. The van der Waals surface area contributed by atoms with E-state index in [4.69, 9.17) is 0 Å². The van der Waals surface area contributed by atoms with Crippen LogP contribution in [-0.2, 0) is 0 Å². The summed E-state index contributed by atoms with van der Waals surface area (Å²) in [6.45, 7) is 4.23. The summed E-state index contributed by atoms with van der Waals surface area (Å²) in [6, 6.07) is 4.48. The summed E-state index contributed by atoms with van der Waals surface area (Å²) < 4.78 is 0. The number of nitrogens with zero attached hydrogens (tertiary/aromatic N) is 3. The maximum absolute atomic E-state index is 4.26. The highest BCUT2D eigenvalue weighted by Crippen LogP contribution is 2.26. The molecule has 0 bridgehead atoms. The Balaban J connectivity index is 1.90. The van der Waals surface area contributed by atoms with Crippen LogP contribution in [0.3, 0.4) is 0 Å². The minimum atomic E-state index is 0.213. The first-order valence-corrected chi connectivity index (χ1v) is 6.52. The number of aromatic amines is 1. The zero-order chi connectivity index (χ0) is 12.5. The van der Waals surface area contributed by atoms with Crippen LogP contribution in [0.2, 0.25) is 0 Å². The molecule has 3 aromatic heterocycles. The Morgan fingerprint density at radius 1 is 1.28 bits per heavy atom. The molecule has 1 atom stereocenters. The number of hydrogen-bond acceptors (Lipinski definition) is 5. The molecule has 3 heterocycles. The molecule has 0 spiro atoms. The summed E-state index contributed by atoms with van der Waals surface area (Å²) in [6.07, 6.45) is 3.16. The Morgan fingerprint density at radius 2 is 2.17 bits per heavy atom. The zero-order valence-electron chi connectivity index (χ0n) is 10.1. The lowest BCUT2D eigenvalue weighted by molar-refractivity contribution is 0.896. The van der Waals surface area contributed by atoms with Crippen LogP contribution >= 0.6 is 11.3 Å². The van der Waals surface area contributed by atoms with E-state index in [0.717, 1.165) is 11.3 Å². The number of aromatic nitrogens is 4. The van der Waals surface area contributed by atoms with Gasteiger partial charge in [0.2, 0.25) is 0 Å². The van der Waals surface area contributed by atoms with Gasteiger partial charge in [0.15, 0.2) is 11.5 Å². The number of thiophene rings is 1. The van der Waals surface area contributed by atoms with Crippen molar-refractivity contribution in [2.75, 3.05) is 5.32 Å². The van der Waals surface area contributed by atoms with E-state index in [9.17, 15) is 0 Å². The summed E-state index contributed by atoms with van der Waals surface area (Å²) in [5, 5.41) is 3.39. The van der Waals surface area contributed by atoms with Gasteiger partial charge < -0.3 is 10.3 Å². The molecule has 2 N–H and O–H groups in total. The summed E-state index contributed by atoms with van der Waals surface area (Å²) >= 11 is 1.79. The molecule has 0 aliphatic carbocycles. The lowest BCUT2D eigenvalue weighted by atomic mass is 10.2. The van der Waals surface area contributed by atoms with Gasteiger partial charge in [-0.05, 0) is 26.0 Å². The number of H-pyrrole nitrogens is 1. The molecule has 5 nitrogen and oxygen atoms in total. The minimum Gasteiger partial charge on any atom is -0.361 e. The number of rotatable bonds is 3. The Bertz CT molecular complexity index is 672. The van der Waals surface area contributed by atoms with Crippen LogP contribution in [-0.4, -0.2) is 19.9 Å². The van der Waals surface area contributed by atoms with Crippen LogP contribution in [0, 0.1) is 6.92 Å². The molecular weight excluding hydrogens is 246 g/mol. The van der Waals surface area contributed by atoms with Crippen LogP contribution < -0.4 is 5.32 Å². The van der Waals surface area contributed by atoms with Crippen molar-refractivity contribution in [2.45, 2.75) is 19.9 Å². The van der Waals surface area contributed by atoms with Crippen LogP contribution in [0.4, 0.5) is 5.82 Å². The second-order valence-corrected chi connectivity index (χ2v) is 5.46. The van der Waals surface area contributed by atoms with Crippen molar-refractivity contribution in [2.24, 2.45) is 0 Å². The van der Waals surface area contributed by atoms with Crippen molar-refractivity contribution in [3.8, 4) is 0 Å². The highest BCUT2D eigenvalue weighted by atomic mass is 32.1. The van der Waals surface area contributed by atoms with Gasteiger partial charge in [0, 0.05) is 9.75 Å². The largest absolute Gasteiger partial charge is 0.361 e. The van der Waals surface area contributed by atoms with Crippen LogP contribution in [0.1, 0.15) is 22.7 Å². The third-order valence-corrected chi connectivity index (χ3v) is 3.95. The molecule has 0 aromatic carbocycles.